The molecule has 2 atom stereocenters. The lowest BCUT2D eigenvalue weighted by Crippen LogP contribution is -2.34. The zero-order valence-corrected chi connectivity index (χ0v) is 18.0. The van der Waals surface area contributed by atoms with E-state index in [2.05, 4.69) is 15.9 Å². The Kier molecular flexibility index (Phi) is 7.61. The van der Waals surface area contributed by atoms with Gasteiger partial charge in [0.15, 0.2) is 0 Å². The van der Waals surface area contributed by atoms with Gasteiger partial charge in [-0.15, -0.1) is 0 Å². The third-order valence-corrected chi connectivity index (χ3v) is 5.40. The Hall–Kier alpha value is -1.92. The van der Waals surface area contributed by atoms with E-state index in [-0.39, 0.29) is 17.8 Å². The van der Waals surface area contributed by atoms with Crippen LogP contribution in [0, 0.1) is 5.82 Å². The third kappa shape index (κ3) is 6.60. The number of rotatable bonds is 8. The van der Waals surface area contributed by atoms with Gasteiger partial charge < -0.3 is 15.1 Å². The summed E-state index contributed by atoms with van der Waals surface area (Å²) < 4.78 is 14.2. The molecule has 0 bridgehead atoms. The SMILES string of the molecule is C[C@@H](c1ccc(Br)cc1)N(CC[C@H](CC(C)(C)O)c1ccc(F)cc1)C(=O)O. The van der Waals surface area contributed by atoms with Crippen LogP contribution in [0.3, 0.4) is 0 Å². The molecule has 0 aliphatic rings. The third-order valence-electron chi connectivity index (χ3n) is 4.87. The molecule has 0 radical (unpaired) electrons. The maximum atomic E-state index is 13.3. The van der Waals surface area contributed by atoms with Gasteiger partial charge in [-0.3, -0.25) is 0 Å². The van der Waals surface area contributed by atoms with E-state index in [1.165, 1.54) is 17.0 Å². The van der Waals surface area contributed by atoms with Gasteiger partial charge in [0, 0.05) is 11.0 Å². The van der Waals surface area contributed by atoms with E-state index in [0.29, 0.717) is 19.4 Å². The molecule has 2 aromatic rings. The van der Waals surface area contributed by atoms with Crippen LogP contribution >= 0.6 is 15.9 Å². The Morgan fingerprint density at radius 1 is 1.11 bits per heavy atom. The molecule has 0 unspecified atom stereocenters. The lowest BCUT2D eigenvalue weighted by Gasteiger charge is -2.31. The molecule has 0 spiro atoms. The van der Waals surface area contributed by atoms with Crippen LogP contribution in [0.2, 0.25) is 0 Å². The van der Waals surface area contributed by atoms with E-state index in [4.69, 9.17) is 0 Å². The number of amides is 1. The fourth-order valence-corrected chi connectivity index (χ4v) is 3.66. The average Bonchev–Trinajstić information content (AvgIpc) is 2.60. The van der Waals surface area contributed by atoms with Crippen molar-refractivity contribution in [1.29, 1.82) is 0 Å². The van der Waals surface area contributed by atoms with Crippen LogP contribution in [0.4, 0.5) is 9.18 Å². The zero-order chi connectivity index (χ0) is 20.9. The Morgan fingerprint density at radius 3 is 2.14 bits per heavy atom. The van der Waals surface area contributed by atoms with Crippen LogP contribution in [0.15, 0.2) is 53.0 Å². The standard InChI is InChI=1S/C22H27BrFNO3/c1-15(16-4-8-19(23)9-5-16)25(21(26)27)13-12-18(14-22(2,3)28)17-6-10-20(24)11-7-17/h4-11,15,18,28H,12-14H2,1-3H3,(H,26,27)/t15-,18+/m0/s1. The molecule has 2 rings (SSSR count). The molecule has 0 saturated heterocycles. The van der Waals surface area contributed by atoms with Crippen molar-refractivity contribution in [2.24, 2.45) is 0 Å². The predicted molar refractivity (Wildman–Crippen MR) is 112 cm³/mol. The highest BCUT2D eigenvalue weighted by molar-refractivity contribution is 9.10. The molecular formula is C22H27BrFNO3. The predicted octanol–water partition coefficient (Wildman–Crippen LogP) is 5.96. The maximum absolute atomic E-state index is 13.3. The zero-order valence-electron chi connectivity index (χ0n) is 16.4. The van der Waals surface area contributed by atoms with Gasteiger partial charge in [-0.1, -0.05) is 40.2 Å². The highest BCUT2D eigenvalue weighted by Crippen LogP contribution is 2.31. The van der Waals surface area contributed by atoms with E-state index < -0.39 is 11.7 Å². The van der Waals surface area contributed by atoms with Crippen molar-refractivity contribution in [3.63, 3.8) is 0 Å². The largest absolute Gasteiger partial charge is 0.465 e. The molecule has 1 amide bonds. The van der Waals surface area contributed by atoms with Crippen LogP contribution in [0.25, 0.3) is 0 Å². The van der Waals surface area contributed by atoms with E-state index in [1.54, 1.807) is 26.0 Å². The summed E-state index contributed by atoms with van der Waals surface area (Å²) in [6, 6.07) is 13.5. The van der Waals surface area contributed by atoms with Crippen molar-refractivity contribution in [2.75, 3.05) is 6.54 Å². The first-order valence-corrected chi connectivity index (χ1v) is 10.1. The van der Waals surface area contributed by atoms with Gasteiger partial charge in [0.05, 0.1) is 11.6 Å². The van der Waals surface area contributed by atoms with E-state index >= 15 is 0 Å². The van der Waals surface area contributed by atoms with Crippen molar-refractivity contribution in [3.05, 3.63) is 69.9 Å². The average molecular weight is 452 g/mol. The molecule has 0 fully saturated rings. The summed E-state index contributed by atoms with van der Waals surface area (Å²) in [6.45, 7) is 5.62. The summed E-state index contributed by atoms with van der Waals surface area (Å²) in [5.74, 6) is -0.402. The number of nitrogens with zero attached hydrogens (tertiary/aromatic N) is 1. The maximum Gasteiger partial charge on any atom is 0.407 e. The number of carboxylic acid groups (broad SMARTS) is 1. The molecule has 0 aliphatic heterocycles. The van der Waals surface area contributed by atoms with E-state index in [0.717, 1.165) is 15.6 Å². The lowest BCUT2D eigenvalue weighted by molar-refractivity contribution is 0.0598. The topological polar surface area (TPSA) is 60.8 Å². The second kappa shape index (κ2) is 9.52. The molecule has 6 heteroatoms. The molecule has 28 heavy (non-hydrogen) atoms. The molecule has 0 saturated carbocycles. The molecular weight excluding hydrogens is 425 g/mol. The monoisotopic (exact) mass is 451 g/mol. The Balaban J connectivity index is 2.18. The minimum atomic E-state index is -0.989. The summed E-state index contributed by atoms with van der Waals surface area (Å²) in [6.07, 6.45) is -0.00168. The van der Waals surface area contributed by atoms with Crippen molar-refractivity contribution < 1.29 is 19.4 Å². The smallest absolute Gasteiger partial charge is 0.407 e. The van der Waals surface area contributed by atoms with Gasteiger partial charge in [0.1, 0.15) is 5.82 Å². The van der Waals surface area contributed by atoms with Gasteiger partial charge in [-0.25, -0.2) is 9.18 Å². The van der Waals surface area contributed by atoms with Gasteiger partial charge in [0.25, 0.3) is 0 Å². The van der Waals surface area contributed by atoms with Crippen LogP contribution in [-0.4, -0.2) is 33.4 Å². The summed E-state index contributed by atoms with van der Waals surface area (Å²) in [4.78, 5) is 13.3. The quantitative estimate of drug-likeness (QED) is 0.519. The first kappa shape index (κ1) is 22.4. The number of aliphatic hydroxyl groups is 1. The highest BCUT2D eigenvalue weighted by atomic mass is 79.9. The molecule has 2 aromatic carbocycles. The Bertz CT molecular complexity index is 772. The minimum Gasteiger partial charge on any atom is -0.465 e. The van der Waals surface area contributed by atoms with Crippen molar-refractivity contribution in [1.82, 2.24) is 4.90 Å². The van der Waals surface area contributed by atoms with Gasteiger partial charge >= 0.3 is 6.09 Å². The molecule has 0 aromatic heterocycles. The van der Waals surface area contributed by atoms with Crippen LogP contribution in [0.1, 0.15) is 56.7 Å². The number of benzene rings is 2. The van der Waals surface area contributed by atoms with Crippen LogP contribution in [0.5, 0.6) is 0 Å². The van der Waals surface area contributed by atoms with Gasteiger partial charge in [-0.2, -0.15) is 0 Å². The van der Waals surface area contributed by atoms with Gasteiger partial charge in [0.2, 0.25) is 0 Å². The molecule has 4 nitrogen and oxygen atoms in total. The first-order valence-electron chi connectivity index (χ1n) is 9.29. The normalized spacial score (nSPS) is 13.8. The van der Waals surface area contributed by atoms with Crippen LogP contribution < -0.4 is 0 Å². The van der Waals surface area contributed by atoms with Crippen molar-refractivity contribution in [3.8, 4) is 0 Å². The second-order valence-corrected chi connectivity index (χ2v) is 8.67. The number of carbonyl (C=O) groups is 1. The summed E-state index contributed by atoms with van der Waals surface area (Å²) in [7, 11) is 0. The van der Waals surface area contributed by atoms with Crippen LogP contribution in [-0.2, 0) is 0 Å². The summed E-state index contributed by atoms with van der Waals surface area (Å²) in [5, 5.41) is 20.0. The molecule has 0 aliphatic carbocycles. The number of halogens is 2. The Labute approximate surface area is 174 Å². The van der Waals surface area contributed by atoms with E-state index in [1.807, 2.05) is 31.2 Å². The minimum absolute atomic E-state index is 0.0837. The van der Waals surface area contributed by atoms with Crippen molar-refractivity contribution in [2.45, 2.75) is 51.2 Å². The van der Waals surface area contributed by atoms with Gasteiger partial charge in [-0.05, 0) is 74.9 Å². The fourth-order valence-electron chi connectivity index (χ4n) is 3.40. The van der Waals surface area contributed by atoms with Crippen molar-refractivity contribution >= 4 is 22.0 Å². The highest BCUT2D eigenvalue weighted by Gasteiger charge is 2.26. The molecule has 152 valence electrons. The Morgan fingerprint density at radius 2 is 1.64 bits per heavy atom. The van der Waals surface area contributed by atoms with E-state index in [9.17, 15) is 19.4 Å². The summed E-state index contributed by atoms with van der Waals surface area (Å²) >= 11 is 3.39. The fraction of sp³-hybridized carbons (Fsp3) is 0.409. The number of hydrogen-bond donors (Lipinski definition) is 2. The summed E-state index contributed by atoms with van der Waals surface area (Å²) in [5.41, 5.74) is 0.890. The molecule has 0 heterocycles. The second-order valence-electron chi connectivity index (χ2n) is 7.76. The number of hydrogen-bond acceptors (Lipinski definition) is 2. The first-order chi connectivity index (χ1) is 13.1. The lowest BCUT2D eigenvalue weighted by atomic mass is 9.85. The molecule has 2 N–H and O–H groups in total.